The van der Waals surface area contributed by atoms with Gasteiger partial charge in [-0.3, -0.25) is 14.5 Å². The number of halogens is 1. The number of hydrogen-bond donors (Lipinski definition) is 3. The second-order valence-corrected chi connectivity index (χ2v) is 4.69. The molecule has 4 N–H and O–H groups in total. The van der Waals surface area contributed by atoms with Crippen LogP contribution in [0.3, 0.4) is 0 Å². The van der Waals surface area contributed by atoms with E-state index in [-0.39, 0.29) is 41.7 Å². The summed E-state index contributed by atoms with van der Waals surface area (Å²) in [5.41, 5.74) is 5.61. The van der Waals surface area contributed by atoms with Crippen molar-refractivity contribution in [2.45, 2.75) is 19.0 Å². The predicted octanol–water partition coefficient (Wildman–Crippen LogP) is -0.233. The number of likely N-dealkylation sites (N-methyl/N-ethyl adjacent to an activating group) is 1. The monoisotopic (exact) mass is 294 g/mol. The molecule has 0 aliphatic carbocycles. The van der Waals surface area contributed by atoms with Gasteiger partial charge in [0.15, 0.2) is 5.84 Å². The van der Waals surface area contributed by atoms with Gasteiger partial charge in [0.2, 0.25) is 11.8 Å². The molecule has 1 atom stereocenters. The van der Waals surface area contributed by atoms with Crippen molar-refractivity contribution in [3.8, 4) is 0 Å². The van der Waals surface area contributed by atoms with E-state index in [0.717, 1.165) is 4.90 Å². The summed E-state index contributed by atoms with van der Waals surface area (Å²) in [6, 6.07) is 3.80. The molecule has 1 heterocycles. The zero-order valence-electron chi connectivity index (χ0n) is 11.3. The molecule has 2 rings (SSSR count). The molecule has 1 aromatic carbocycles. The highest BCUT2D eigenvalue weighted by Crippen LogP contribution is 2.15. The second kappa shape index (κ2) is 5.88. The van der Waals surface area contributed by atoms with E-state index >= 15 is 0 Å². The normalized spacial score (nSPS) is 19.4. The first kappa shape index (κ1) is 14.9. The van der Waals surface area contributed by atoms with Crippen LogP contribution >= 0.6 is 0 Å². The number of benzene rings is 1. The summed E-state index contributed by atoms with van der Waals surface area (Å²) in [5.74, 6) is -1.58. The first-order valence-electron chi connectivity index (χ1n) is 6.24. The summed E-state index contributed by atoms with van der Waals surface area (Å²) in [6.45, 7) is 0.0515. The molecule has 1 aliphatic rings. The van der Waals surface area contributed by atoms with E-state index in [1.807, 2.05) is 0 Å². The molecule has 0 aromatic heterocycles. The number of rotatable bonds is 4. The fourth-order valence-corrected chi connectivity index (χ4v) is 2.12. The van der Waals surface area contributed by atoms with Gasteiger partial charge in [0, 0.05) is 19.2 Å². The summed E-state index contributed by atoms with van der Waals surface area (Å²) >= 11 is 0. The fraction of sp³-hybridized carbons (Fsp3) is 0.308. The fourth-order valence-electron chi connectivity index (χ4n) is 2.12. The lowest BCUT2D eigenvalue weighted by atomic mass is 10.1. The number of oxime groups is 1. The Morgan fingerprint density at radius 1 is 1.57 bits per heavy atom. The lowest BCUT2D eigenvalue weighted by molar-refractivity contribution is -0.137. The molecule has 0 radical (unpaired) electrons. The van der Waals surface area contributed by atoms with Gasteiger partial charge >= 0.3 is 0 Å². The Labute approximate surface area is 120 Å². The van der Waals surface area contributed by atoms with Crippen molar-refractivity contribution in [2.24, 2.45) is 10.9 Å². The van der Waals surface area contributed by atoms with Crippen LogP contribution < -0.4 is 11.1 Å². The molecule has 0 bridgehead atoms. The Morgan fingerprint density at radius 3 is 2.86 bits per heavy atom. The van der Waals surface area contributed by atoms with Crippen LogP contribution in [-0.2, 0) is 16.1 Å². The Bertz CT molecular complexity index is 617. The lowest BCUT2D eigenvalue weighted by Crippen LogP contribution is -2.37. The largest absolute Gasteiger partial charge is 0.409 e. The van der Waals surface area contributed by atoms with Crippen molar-refractivity contribution in [2.75, 3.05) is 7.05 Å². The van der Waals surface area contributed by atoms with E-state index in [9.17, 15) is 14.0 Å². The number of carbonyl (C=O) groups is 2. The lowest BCUT2D eigenvalue weighted by Gasteiger charge is -2.12. The number of carbonyl (C=O) groups excluding carboxylic acids is 2. The van der Waals surface area contributed by atoms with Crippen LogP contribution in [0.25, 0.3) is 0 Å². The molecule has 0 spiro atoms. The quantitative estimate of drug-likeness (QED) is 0.234. The van der Waals surface area contributed by atoms with Crippen molar-refractivity contribution < 1.29 is 19.2 Å². The molecule has 1 aromatic rings. The van der Waals surface area contributed by atoms with Crippen molar-refractivity contribution in [3.05, 3.63) is 35.1 Å². The van der Waals surface area contributed by atoms with Gasteiger partial charge in [-0.05, 0) is 6.07 Å². The maximum Gasteiger partial charge on any atom is 0.246 e. The first-order chi connectivity index (χ1) is 9.95. The van der Waals surface area contributed by atoms with Gasteiger partial charge in [0.1, 0.15) is 5.82 Å². The SMILES string of the molecule is CN1C(=O)CC(NCc2cccc(/C(N)=N/O)c2F)C1=O. The molecule has 1 aliphatic heterocycles. The molecule has 0 saturated carbocycles. The van der Waals surface area contributed by atoms with Gasteiger partial charge < -0.3 is 16.3 Å². The average Bonchev–Trinajstić information content (AvgIpc) is 2.72. The predicted molar refractivity (Wildman–Crippen MR) is 71.9 cm³/mol. The number of nitrogens with zero attached hydrogens (tertiary/aromatic N) is 2. The Hall–Kier alpha value is -2.48. The number of amidine groups is 1. The van der Waals surface area contributed by atoms with Crippen LogP contribution in [0.1, 0.15) is 17.5 Å². The molecule has 1 fully saturated rings. The van der Waals surface area contributed by atoms with E-state index in [2.05, 4.69) is 10.5 Å². The Morgan fingerprint density at radius 2 is 2.29 bits per heavy atom. The summed E-state index contributed by atoms with van der Waals surface area (Å²) in [4.78, 5) is 24.1. The molecule has 1 unspecified atom stereocenters. The Kier molecular flexibility index (Phi) is 4.18. The van der Waals surface area contributed by atoms with Gasteiger partial charge in [0.05, 0.1) is 18.0 Å². The van der Waals surface area contributed by atoms with E-state index in [1.54, 1.807) is 6.07 Å². The highest BCUT2D eigenvalue weighted by molar-refractivity contribution is 6.05. The van der Waals surface area contributed by atoms with Crippen molar-refractivity contribution in [1.82, 2.24) is 10.2 Å². The summed E-state index contributed by atoms with van der Waals surface area (Å²) in [6.07, 6.45) is 0.0525. The third-order valence-corrected chi connectivity index (χ3v) is 3.38. The minimum absolute atomic E-state index is 0.0252. The minimum atomic E-state index is -0.658. The molecule has 21 heavy (non-hydrogen) atoms. The number of likely N-dealkylation sites (tertiary alicyclic amines) is 1. The molecular formula is C13H15FN4O3. The van der Waals surface area contributed by atoms with E-state index in [0.29, 0.717) is 0 Å². The Balaban J connectivity index is 2.11. The van der Waals surface area contributed by atoms with Crippen molar-refractivity contribution in [3.63, 3.8) is 0 Å². The van der Waals surface area contributed by atoms with Crippen molar-refractivity contribution in [1.29, 1.82) is 0 Å². The number of hydrogen-bond acceptors (Lipinski definition) is 5. The average molecular weight is 294 g/mol. The standard InChI is InChI=1S/C13H15FN4O3/c1-18-10(19)5-9(13(18)20)16-6-7-3-2-4-8(11(7)14)12(15)17-21/h2-4,9,16,21H,5-6H2,1H3,(H2,15,17). The zero-order chi connectivity index (χ0) is 15.6. The highest BCUT2D eigenvalue weighted by atomic mass is 19.1. The molecule has 8 heteroatoms. The summed E-state index contributed by atoms with van der Waals surface area (Å²) in [5, 5.41) is 14.2. The molecule has 2 amide bonds. The number of imide groups is 1. The number of nitrogens with one attached hydrogen (secondary N) is 1. The number of amides is 2. The van der Waals surface area contributed by atoms with Gasteiger partial charge in [-0.2, -0.15) is 0 Å². The summed E-state index contributed by atoms with van der Waals surface area (Å²) < 4.78 is 14.2. The highest BCUT2D eigenvalue weighted by Gasteiger charge is 2.35. The molecule has 1 saturated heterocycles. The topological polar surface area (TPSA) is 108 Å². The van der Waals surface area contributed by atoms with Crippen LogP contribution in [0.4, 0.5) is 4.39 Å². The summed E-state index contributed by atoms with van der Waals surface area (Å²) in [7, 11) is 1.41. The second-order valence-electron chi connectivity index (χ2n) is 4.69. The van der Waals surface area contributed by atoms with Gasteiger partial charge in [-0.15, -0.1) is 0 Å². The van der Waals surface area contributed by atoms with Crippen molar-refractivity contribution >= 4 is 17.6 Å². The zero-order valence-corrected chi connectivity index (χ0v) is 11.3. The van der Waals surface area contributed by atoms with Gasteiger partial charge in [-0.1, -0.05) is 17.3 Å². The smallest absolute Gasteiger partial charge is 0.246 e. The van der Waals surface area contributed by atoms with Gasteiger partial charge in [0.25, 0.3) is 0 Å². The number of nitrogens with two attached hydrogens (primary N) is 1. The third-order valence-electron chi connectivity index (χ3n) is 3.38. The van der Waals surface area contributed by atoms with Crippen LogP contribution in [-0.4, -0.2) is 40.8 Å². The van der Waals surface area contributed by atoms with Gasteiger partial charge in [-0.25, -0.2) is 4.39 Å². The molecular weight excluding hydrogens is 279 g/mol. The van der Waals surface area contributed by atoms with Crippen LogP contribution in [0.5, 0.6) is 0 Å². The maximum atomic E-state index is 14.2. The maximum absolute atomic E-state index is 14.2. The van der Waals surface area contributed by atoms with E-state index in [1.165, 1.54) is 19.2 Å². The van der Waals surface area contributed by atoms with Crippen LogP contribution in [0, 0.1) is 5.82 Å². The van der Waals surface area contributed by atoms with Crippen LogP contribution in [0.2, 0.25) is 0 Å². The van der Waals surface area contributed by atoms with E-state index in [4.69, 9.17) is 10.9 Å². The van der Waals surface area contributed by atoms with Crippen LogP contribution in [0.15, 0.2) is 23.4 Å². The third kappa shape index (κ3) is 2.84. The van der Waals surface area contributed by atoms with E-state index < -0.39 is 11.9 Å². The first-order valence-corrected chi connectivity index (χ1v) is 6.24. The minimum Gasteiger partial charge on any atom is -0.409 e. The molecule has 112 valence electrons. The molecule has 7 nitrogen and oxygen atoms in total.